The van der Waals surface area contributed by atoms with Gasteiger partial charge in [-0.25, -0.2) is 0 Å². The van der Waals surface area contributed by atoms with Gasteiger partial charge in [-0.2, -0.15) is 0 Å². The third kappa shape index (κ3) is 2.54. The van der Waals surface area contributed by atoms with Gasteiger partial charge in [-0.3, -0.25) is 0 Å². The summed E-state index contributed by atoms with van der Waals surface area (Å²) < 4.78 is 6.77. The minimum Gasteiger partial charge on any atom is -0.491 e. The molecule has 0 saturated heterocycles. The highest BCUT2D eigenvalue weighted by Gasteiger charge is 2.16. The van der Waals surface area contributed by atoms with Gasteiger partial charge in [0.05, 0.1) is 17.9 Å². The molecule has 2 aromatic rings. The zero-order valence-corrected chi connectivity index (χ0v) is 12.1. The summed E-state index contributed by atoms with van der Waals surface area (Å²) in [5.74, 6) is 0.973. The quantitative estimate of drug-likeness (QED) is 0.819. The predicted molar refractivity (Wildman–Crippen MR) is 81.5 cm³/mol. The van der Waals surface area contributed by atoms with E-state index in [0.717, 1.165) is 34.7 Å². The number of ether oxygens (including phenoxy) is 1. The third-order valence-electron chi connectivity index (χ3n) is 3.28. The van der Waals surface area contributed by atoms with E-state index in [1.807, 2.05) is 36.4 Å². The van der Waals surface area contributed by atoms with Crippen molar-refractivity contribution in [3.63, 3.8) is 0 Å². The highest BCUT2D eigenvalue weighted by atomic mass is 79.9. The van der Waals surface area contributed by atoms with Crippen molar-refractivity contribution in [2.75, 3.05) is 23.8 Å². The fourth-order valence-corrected chi connectivity index (χ4v) is 2.72. The molecule has 0 saturated carbocycles. The predicted octanol–water partition coefficient (Wildman–Crippen LogP) is 3.43. The van der Waals surface area contributed by atoms with E-state index in [0.29, 0.717) is 6.61 Å². The molecule has 0 atom stereocenters. The first-order valence-electron chi connectivity index (χ1n) is 6.25. The van der Waals surface area contributed by atoms with Crippen molar-refractivity contribution in [1.29, 1.82) is 0 Å². The Morgan fingerprint density at radius 3 is 2.84 bits per heavy atom. The Balaban J connectivity index is 1.94. The highest BCUT2D eigenvalue weighted by molar-refractivity contribution is 9.10. The molecule has 2 aromatic carbocycles. The van der Waals surface area contributed by atoms with Crippen LogP contribution in [-0.4, -0.2) is 13.2 Å². The number of anilines is 2. The molecular formula is C15H15BrN2O. The Morgan fingerprint density at radius 2 is 2.00 bits per heavy atom. The molecule has 1 heterocycles. The number of nitrogens with zero attached hydrogens (tertiary/aromatic N) is 1. The van der Waals surface area contributed by atoms with Crippen LogP contribution in [0.25, 0.3) is 0 Å². The van der Waals surface area contributed by atoms with Gasteiger partial charge in [0.2, 0.25) is 0 Å². The SMILES string of the molecule is Nc1cc(Br)ccc1N1CCOc2ccccc2C1. The molecule has 0 spiro atoms. The Kier molecular flexibility index (Phi) is 3.34. The summed E-state index contributed by atoms with van der Waals surface area (Å²) in [5, 5.41) is 0. The molecule has 2 N–H and O–H groups in total. The summed E-state index contributed by atoms with van der Waals surface area (Å²) in [5.41, 5.74) is 9.15. The first-order chi connectivity index (χ1) is 9.24. The molecule has 0 radical (unpaired) electrons. The highest BCUT2D eigenvalue weighted by Crippen LogP contribution is 2.31. The number of benzene rings is 2. The lowest BCUT2D eigenvalue weighted by Gasteiger charge is -2.23. The largest absolute Gasteiger partial charge is 0.491 e. The molecule has 0 bridgehead atoms. The van der Waals surface area contributed by atoms with E-state index in [1.165, 1.54) is 5.56 Å². The van der Waals surface area contributed by atoms with Crippen molar-refractivity contribution < 1.29 is 4.74 Å². The summed E-state index contributed by atoms with van der Waals surface area (Å²) >= 11 is 3.44. The van der Waals surface area contributed by atoms with Gasteiger partial charge < -0.3 is 15.4 Å². The van der Waals surface area contributed by atoms with Crippen molar-refractivity contribution in [2.45, 2.75) is 6.54 Å². The number of fused-ring (bicyclic) bond motifs is 1. The first-order valence-corrected chi connectivity index (χ1v) is 7.04. The van der Waals surface area contributed by atoms with E-state index in [4.69, 9.17) is 10.5 Å². The molecule has 3 rings (SSSR count). The summed E-state index contributed by atoms with van der Waals surface area (Å²) in [4.78, 5) is 2.26. The number of rotatable bonds is 1. The second-order valence-electron chi connectivity index (χ2n) is 4.58. The zero-order valence-electron chi connectivity index (χ0n) is 10.5. The van der Waals surface area contributed by atoms with Gasteiger partial charge >= 0.3 is 0 Å². The Labute approximate surface area is 121 Å². The Morgan fingerprint density at radius 1 is 1.16 bits per heavy atom. The van der Waals surface area contributed by atoms with Crippen LogP contribution in [0.15, 0.2) is 46.9 Å². The van der Waals surface area contributed by atoms with E-state index in [1.54, 1.807) is 0 Å². The van der Waals surface area contributed by atoms with Crippen LogP contribution in [0.3, 0.4) is 0 Å². The van der Waals surface area contributed by atoms with E-state index in [2.05, 4.69) is 26.9 Å². The van der Waals surface area contributed by atoms with Crippen LogP contribution in [0.1, 0.15) is 5.56 Å². The summed E-state index contributed by atoms with van der Waals surface area (Å²) in [6, 6.07) is 14.2. The standard InChI is InChI=1S/C15H15BrN2O/c16-12-5-6-14(13(17)9-12)18-7-8-19-15-4-2-1-3-11(15)10-18/h1-6,9H,7-8,10,17H2. The molecule has 3 nitrogen and oxygen atoms in total. The average molecular weight is 319 g/mol. The monoisotopic (exact) mass is 318 g/mol. The smallest absolute Gasteiger partial charge is 0.124 e. The minimum absolute atomic E-state index is 0.673. The number of hydrogen-bond donors (Lipinski definition) is 1. The lowest BCUT2D eigenvalue weighted by molar-refractivity contribution is 0.331. The fourth-order valence-electron chi connectivity index (χ4n) is 2.34. The van der Waals surface area contributed by atoms with Crippen LogP contribution in [0, 0.1) is 0 Å². The second kappa shape index (κ2) is 5.13. The van der Waals surface area contributed by atoms with Crippen molar-refractivity contribution >= 4 is 27.3 Å². The lowest BCUT2D eigenvalue weighted by Crippen LogP contribution is -2.26. The van der Waals surface area contributed by atoms with Gasteiger partial charge in [0.15, 0.2) is 0 Å². The van der Waals surface area contributed by atoms with Gasteiger partial charge in [-0.15, -0.1) is 0 Å². The van der Waals surface area contributed by atoms with E-state index >= 15 is 0 Å². The van der Waals surface area contributed by atoms with Crippen LogP contribution >= 0.6 is 15.9 Å². The first kappa shape index (κ1) is 12.4. The van der Waals surface area contributed by atoms with Crippen molar-refractivity contribution in [1.82, 2.24) is 0 Å². The summed E-state index contributed by atoms with van der Waals surface area (Å²) in [6.07, 6.45) is 0. The van der Waals surface area contributed by atoms with Crippen molar-refractivity contribution in [3.05, 3.63) is 52.5 Å². The van der Waals surface area contributed by atoms with Crippen LogP contribution < -0.4 is 15.4 Å². The summed E-state index contributed by atoms with van der Waals surface area (Å²) in [7, 11) is 0. The third-order valence-corrected chi connectivity index (χ3v) is 3.78. The molecule has 4 heteroatoms. The van der Waals surface area contributed by atoms with E-state index < -0.39 is 0 Å². The maximum atomic E-state index is 6.11. The molecule has 1 aliphatic heterocycles. The fraction of sp³-hybridized carbons (Fsp3) is 0.200. The minimum atomic E-state index is 0.673. The van der Waals surface area contributed by atoms with Crippen molar-refractivity contribution in [3.8, 4) is 5.75 Å². The van der Waals surface area contributed by atoms with Crippen LogP contribution in [0.2, 0.25) is 0 Å². The number of halogens is 1. The molecule has 19 heavy (non-hydrogen) atoms. The van der Waals surface area contributed by atoms with Crippen LogP contribution in [-0.2, 0) is 6.54 Å². The average Bonchev–Trinajstić information content (AvgIpc) is 2.60. The van der Waals surface area contributed by atoms with E-state index in [9.17, 15) is 0 Å². The van der Waals surface area contributed by atoms with Gasteiger partial charge in [0.25, 0.3) is 0 Å². The maximum absolute atomic E-state index is 6.11. The topological polar surface area (TPSA) is 38.5 Å². The molecule has 0 amide bonds. The Hall–Kier alpha value is -1.68. The second-order valence-corrected chi connectivity index (χ2v) is 5.50. The van der Waals surface area contributed by atoms with E-state index in [-0.39, 0.29) is 0 Å². The number of para-hydroxylation sites is 1. The zero-order chi connectivity index (χ0) is 13.2. The molecule has 0 fully saturated rings. The molecule has 1 aliphatic rings. The van der Waals surface area contributed by atoms with Gasteiger partial charge in [-0.1, -0.05) is 34.1 Å². The summed E-state index contributed by atoms with van der Waals surface area (Å²) in [6.45, 7) is 2.33. The molecule has 0 aromatic heterocycles. The normalized spacial score (nSPS) is 14.5. The van der Waals surface area contributed by atoms with Gasteiger partial charge in [0.1, 0.15) is 12.4 Å². The van der Waals surface area contributed by atoms with Crippen LogP contribution in [0.5, 0.6) is 5.75 Å². The molecular weight excluding hydrogens is 304 g/mol. The van der Waals surface area contributed by atoms with Crippen LogP contribution in [0.4, 0.5) is 11.4 Å². The number of hydrogen-bond acceptors (Lipinski definition) is 3. The van der Waals surface area contributed by atoms with Gasteiger partial charge in [0, 0.05) is 16.6 Å². The van der Waals surface area contributed by atoms with Gasteiger partial charge in [-0.05, 0) is 24.3 Å². The Bertz CT molecular complexity index is 600. The molecule has 0 unspecified atom stereocenters. The number of nitrogen functional groups attached to an aromatic ring is 1. The molecule has 0 aliphatic carbocycles. The van der Waals surface area contributed by atoms with Crippen molar-refractivity contribution in [2.24, 2.45) is 0 Å². The lowest BCUT2D eigenvalue weighted by atomic mass is 10.1. The number of nitrogens with two attached hydrogens (primary N) is 1. The maximum Gasteiger partial charge on any atom is 0.124 e. The molecule has 98 valence electrons.